The average molecular weight is 339 g/mol. The molecular formula is C18H17N3O4. The molecule has 0 bridgehead atoms. The first-order valence-corrected chi connectivity index (χ1v) is 7.49. The number of amides is 2. The minimum atomic E-state index is -1.03. The van der Waals surface area contributed by atoms with Crippen LogP contribution in [0, 0.1) is 0 Å². The molecule has 0 saturated carbocycles. The lowest BCUT2D eigenvalue weighted by Crippen LogP contribution is -2.39. The number of carboxylic acid groups (broad SMARTS) is 1. The van der Waals surface area contributed by atoms with Gasteiger partial charge in [-0.15, -0.1) is 0 Å². The number of nitrogens with one attached hydrogen (secondary N) is 2. The van der Waals surface area contributed by atoms with Gasteiger partial charge in [-0.25, -0.2) is 10.2 Å². The van der Waals surface area contributed by atoms with Gasteiger partial charge in [0, 0.05) is 0 Å². The highest BCUT2D eigenvalue weighted by Crippen LogP contribution is 2.10. The maximum atomic E-state index is 11.8. The van der Waals surface area contributed by atoms with Crippen molar-refractivity contribution in [2.75, 3.05) is 0 Å². The summed E-state index contributed by atoms with van der Waals surface area (Å²) >= 11 is 0. The highest BCUT2D eigenvalue weighted by molar-refractivity contribution is 6.35. The van der Waals surface area contributed by atoms with Gasteiger partial charge >= 0.3 is 17.8 Å². The van der Waals surface area contributed by atoms with Gasteiger partial charge in [-0.1, -0.05) is 42.5 Å². The summed E-state index contributed by atoms with van der Waals surface area (Å²) in [6, 6.07) is 14.8. The molecule has 0 saturated heterocycles. The SMILES string of the molecule is C[C@@H](NC(=O)C(=O)N/N=C\c1ccc(C(=O)O)cc1)c1ccccc1. The summed E-state index contributed by atoms with van der Waals surface area (Å²) < 4.78 is 0. The van der Waals surface area contributed by atoms with Gasteiger partial charge in [-0.3, -0.25) is 9.59 Å². The Morgan fingerprint density at radius 3 is 2.24 bits per heavy atom. The van der Waals surface area contributed by atoms with Crippen molar-refractivity contribution in [3.63, 3.8) is 0 Å². The number of aromatic carboxylic acids is 1. The quantitative estimate of drug-likeness (QED) is 0.438. The number of hydrazone groups is 1. The van der Waals surface area contributed by atoms with Crippen molar-refractivity contribution >= 4 is 24.0 Å². The topological polar surface area (TPSA) is 108 Å². The van der Waals surface area contributed by atoms with Crippen molar-refractivity contribution in [3.05, 3.63) is 71.3 Å². The maximum absolute atomic E-state index is 11.8. The highest BCUT2D eigenvalue weighted by Gasteiger charge is 2.16. The predicted octanol–water partition coefficient (Wildman–Crippen LogP) is 1.71. The van der Waals surface area contributed by atoms with Crippen LogP contribution in [-0.2, 0) is 9.59 Å². The summed E-state index contributed by atoms with van der Waals surface area (Å²) in [5.74, 6) is -2.71. The Bertz CT molecular complexity index is 786. The van der Waals surface area contributed by atoms with Gasteiger partial charge in [0.2, 0.25) is 0 Å². The highest BCUT2D eigenvalue weighted by atomic mass is 16.4. The second kappa shape index (κ2) is 8.39. The number of nitrogens with zero attached hydrogens (tertiary/aromatic N) is 1. The monoisotopic (exact) mass is 339 g/mol. The fraction of sp³-hybridized carbons (Fsp3) is 0.111. The van der Waals surface area contributed by atoms with Crippen LogP contribution in [0.3, 0.4) is 0 Å². The number of carbonyl (C=O) groups is 3. The Morgan fingerprint density at radius 1 is 1.00 bits per heavy atom. The molecule has 0 heterocycles. The lowest BCUT2D eigenvalue weighted by molar-refractivity contribution is -0.139. The van der Waals surface area contributed by atoms with Crippen LogP contribution >= 0.6 is 0 Å². The molecule has 128 valence electrons. The molecule has 0 unspecified atom stereocenters. The molecule has 0 aliphatic carbocycles. The van der Waals surface area contributed by atoms with E-state index in [0.29, 0.717) is 5.56 Å². The van der Waals surface area contributed by atoms with Gasteiger partial charge in [0.15, 0.2) is 0 Å². The van der Waals surface area contributed by atoms with Gasteiger partial charge in [0.25, 0.3) is 0 Å². The smallest absolute Gasteiger partial charge is 0.335 e. The molecule has 7 nitrogen and oxygen atoms in total. The minimum Gasteiger partial charge on any atom is -0.478 e. The van der Waals surface area contributed by atoms with Gasteiger partial charge in [-0.05, 0) is 30.2 Å². The Balaban J connectivity index is 1.86. The number of carboxylic acids is 1. The molecule has 7 heteroatoms. The van der Waals surface area contributed by atoms with Crippen LogP contribution < -0.4 is 10.7 Å². The number of hydrogen-bond donors (Lipinski definition) is 3. The first-order chi connectivity index (χ1) is 12.0. The lowest BCUT2D eigenvalue weighted by atomic mass is 10.1. The minimum absolute atomic E-state index is 0.149. The summed E-state index contributed by atoms with van der Waals surface area (Å²) in [7, 11) is 0. The number of hydrogen-bond acceptors (Lipinski definition) is 4. The summed E-state index contributed by atoms with van der Waals surface area (Å²) in [6.45, 7) is 1.77. The molecule has 2 amide bonds. The van der Waals surface area contributed by atoms with E-state index in [-0.39, 0.29) is 11.6 Å². The van der Waals surface area contributed by atoms with Gasteiger partial charge in [-0.2, -0.15) is 5.10 Å². The third kappa shape index (κ3) is 5.28. The first kappa shape index (κ1) is 17.9. The molecule has 0 radical (unpaired) electrons. The van der Waals surface area contributed by atoms with Crippen LogP contribution in [0.1, 0.15) is 34.5 Å². The largest absolute Gasteiger partial charge is 0.478 e. The summed E-state index contributed by atoms with van der Waals surface area (Å²) in [5.41, 5.74) is 3.74. The van der Waals surface area contributed by atoms with Gasteiger partial charge in [0.1, 0.15) is 0 Å². The molecule has 0 aliphatic rings. The zero-order chi connectivity index (χ0) is 18.2. The first-order valence-electron chi connectivity index (χ1n) is 7.49. The van der Waals surface area contributed by atoms with Gasteiger partial charge in [0.05, 0.1) is 17.8 Å². The summed E-state index contributed by atoms with van der Waals surface area (Å²) in [5, 5.41) is 15.1. The number of rotatable bonds is 5. The molecule has 25 heavy (non-hydrogen) atoms. The van der Waals surface area contributed by atoms with E-state index in [1.807, 2.05) is 30.3 Å². The standard InChI is InChI=1S/C18H17N3O4/c1-12(14-5-3-2-4-6-14)20-16(22)17(23)21-19-11-13-7-9-15(10-8-13)18(24)25/h2-12H,1H3,(H,20,22)(H,21,23)(H,24,25)/b19-11-/t12-/m1/s1. The third-order valence-electron chi connectivity index (χ3n) is 3.39. The molecule has 2 rings (SSSR count). The van der Waals surface area contributed by atoms with Crippen LogP contribution in [0.25, 0.3) is 0 Å². The van der Waals surface area contributed by atoms with E-state index >= 15 is 0 Å². The van der Waals surface area contributed by atoms with Crippen molar-refractivity contribution in [1.29, 1.82) is 0 Å². The third-order valence-corrected chi connectivity index (χ3v) is 3.39. The van der Waals surface area contributed by atoms with Crippen LogP contribution in [0.5, 0.6) is 0 Å². The normalized spacial score (nSPS) is 11.7. The van der Waals surface area contributed by atoms with Crippen LogP contribution in [-0.4, -0.2) is 29.1 Å². The number of benzene rings is 2. The van der Waals surface area contributed by atoms with Crippen molar-refractivity contribution < 1.29 is 19.5 Å². The molecule has 0 spiro atoms. The van der Waals surface area contributed by atoms with E-state index in [1.54, 1.807) is 6.92 Å². The lowest BCUT2D eigenvalue weighted by Gasteiger charge is -2.13. The summed E-state index contributed by atoms with van der Waals surface area (Å²) in [4.78, 5) is 34.3. The van der Waals surface area contributed by atoms with Gasteiger partial charge < -0.3 is 10.4 Å². The fourth-order valence-electron chi connectivity index (χ4n) is 2.02. The van der Waals surface area contributed by atoms with Crippen molar-refractivity contribution in [2.24, 2.45) is 5.10 Å². The predicted molar refractivity (Wildman–Crippen MR) is 92.1 cm³/mol. The Morgan fingerprint density at radius 2 is 1.64 bits per heavy atom. The van der Waals surface area contributed by atoms with Crippen LogP contribution in [0.2, 0.25) is 0 Å². The fourth-order valence-corrected chi connectivity index (χ4v) is 2.02. The van der Waals surface area contributed by atoms with Crippen LogP contribution in [0.15, 0.2) is 59.7 Å². The molecule has 1 atom stereocenters. The second-order valence-corrected chi connectivity index (χ2v) is 5.23. The van der Waals surface area contributed by atoms with E-state index < -0.39 is 17.8 Å². The van der Waals surface area contributed by atoms with E-state index in [4.69, 9.17) is 5.11 Å². The van der Waals surface area contributed by atoms with Crippen molar-refractivity contribution in [3.8, 4) is 0 Å². The molecule has 3 N–H and O–H groups in total. The molecular weight excluding hydrogens is 322 g/mol. The molecule has 0 fully saturated rings. The average Bonchev–Trinajstić information content (AvgIpc) is 2.62. The second-order valence-electron chi connectivity index (χ2n) is 5.23. The zero-order valence-electron chi connectivity index (χ0n) is 13.5. The molecule has 0 aromatic heterocycles. The summed E-state index contributed by atoms with van der Waals surface area (Å²) in [6.07, 6.45) is 1.32. The Kier molecular flexibility index (Phi) is 6.00. The van der Waals surface area contributed by atoms with Crippen molar-refractivity contribution in [1.82, 2.24) is 10.7 Å². The Hall–Kier alpha value is -3.48. The molecule has 2 aromatic carbocycles. The zero-order valence-corrected chi connectivity index (χ0v) is 13.5. The van der Waals surface area contributed by atoms with E-state index in [0.717, 1.165) is 5.56 Å². The Labute approximate surface area is 144 Å². The molecule has 2 aromatic rings. The maximum Gasteiger partial charge on any atom is 0.335 e. The van der Waals surface area contributed by atoms with E-state index in [9.17, 15) is 14.4 Å². The van der Waals surface area contributed by atoms with Crippen molar-refractivity contribution in [2.45, 2.75) is 13.0 Å². The number of carbonyl (C=O) groups excluding carboxylic acids is 2. The molecule has 0 aliphatic heterocycles. The van der Waals surface area contributed by atoms with Crippen LogP contribution in [0.4, 0.5) is 0 Å². The van der Waals surface area contributed by atoms with E-state index in [2.05, 4.69) is 15.8 Å². The van der Waals surface area contributed by atoms with E-state index in [1.165, 1.54) is 30.5 Å².